The fourth-order valence-electron chi connectivity index (χ4n) is 2.06. The quantitative estimate of drug-likeness (QED) is 0.651. The zero-order valence-electron chi connectivity index (χ0n) is 7.84. The zero-order chi connectivity index (χ0) is 8.27. The first-order valence-corrected chi connectivity index (χ1v) is 4.97. The van der Waals surface area contributed by atoms with Gasteiger partial charge in [-0.25, -0.2) is 0 Å². The second-order valence-electron chi connectivity index (χ2n) is 4.22. The summed E-state index contributed by atoms with van der Waals surface area (Å²) in [6, 6.07) is 0.454. The lowest BCUT2D eigenvalue weighted by molar-refractivity contribution is 0.262. The number of rotatable bonds is 2. The maximum Gasteiger partial charge on any atom is 0.00903 e. The molecule has 0 aliphatic heterocycles. The van der Waals surface area contributed by atoms with E-state index in [0.29, 0.717) is 12.0 Å². The molecular weight excluding hydrogens is 134 g/mol. The molecule has 2 N–H and O–H groups in total. The summed E-state index contributed by atoms with van der Waals surface area (Å²) in [5.74, 6) is 1.49. The normalized spacial score (nSPS) is 24.0. The van der Waals surface area contributed by atoms with Crippen molar-refractivity contribution >= 4 is 0 Å². The maximum absolute atomic E-state index is 6.09. The average Bonchev–Trinajstić information content (AvgIpc) is 2.05. The van der Waals surface area contributed by atoms with Gasteiger partial charge >= 0.3 is 0 Å². The second-order valence-corrected chi connectivity index (χ2v) is 4.22. The van der Waals surface area contributed by atoms with Gasteiger partial charge in [0, 0.05) is 6.04 Å². The topological polar surface area (TPSA) is 26.0 Å². The molecule has 1 heteroatoms. The Morgan fingerprint density at radius 2 is 1.64 bits per heavy atom. The summed E-state index contributed by atoms with van der Waals surface area (Å²) in [5.41, 5.74) is 6.09. The lowest BCUT2D eigenvalue weighted by Gasteiger charge is -2.29. The summed E-state index contributed by atoms with van der Waals surface area (Å²) in [5, 5.41) is 0. The molecule has 1 saturated carbocycles. The van der Waals surface area contributed by atoms with Gasteiger partial charge in [0.25, 0.3) is 0 Å². The van der Waals surface area contributed by atoms with E-state index in [-0.39, 0.29) is 0 Å². The molecule has 0 aromatic rings. The van der Waals surface area contributed by atoms with Crippen molar-refractivity contribution < 1.29 is 0 Å². The Kier molecular flexibility index (Phi) is 3.38. The molecule has 1 atom stereocenters. The van der Waals surface area contributed by atoms with Crippen molar-refractivity contribution in [3.05, 3.63) is 0 Å². The van der Waals surface area contributed by atoms with Gasteiger partial charge in [0.1, 0.15) is 0 Å². The van der Waals surface area contributed by atoms with Crippen LogP contribution >= 0.6 is 0 Å². The van der Waals surface area contributed by atoms with Crippen LogP contribution in [-0.2, 0) is 0 Å². The Hall–Kier alpha value is -0.0400. The molecule has 1 rings (SSSR count). The molecule has 1 fully saturated rings. The molecule has 0 bridgehead atoms. The summed E-state index contributed by atoms with van der Waals surface area (Å²) in [7, 11) is 0. The Morgan fingerprint density at radius 3 is 2.09 bits per heavy atom. The molecule has 66 valence electrons. The van der Waals surface area contributed by atoms with Crippen LogP contribution < -0.4 is 5.73 Å². The van der Waals surface area contributed by atoms with Crippen molar-refractivity contribution in [2.45, 2.75) is 52.0 Å². The van der Waals surface area contributed by atoms with Crippen LogP contribution in [-0.4, -0.2) is 6.04 Å². The van der Waals surface area contributed by atoms with Crippen molar-refractivity contribution in [3.8, 4) is 0 Å². The lowest BCUT2D eigenvalue weighted by atomic mass is 9.80. The van der Waals surface area contributed by atoms with Crippen LogP contribution in [0.15, 0.2) is 0 Å². The molecule has 1 aliphatic rings. The standard InChI is InChI=1S/C10H21N/c1-8(2)10(11)9-6-4-3-5-7-9/h8-10H,3-7,11H2,1-2H3/t10-/m1/s1. The molecule has 1 nitrogen and oxygen atoms in total. The van der Waals surface area contributed by atoms with Gasteiger partial charge in [0.05, 0.1) is 0 Å². The minimum Gasteiger partial charge on any atom is -0.327 e. The van der Waals surface area contributed by atoms with E-state index < -0.39 is 0 Å². The number of nitrogens with two attached hydrogens (primary N) is 1. The van der Waals surface area contributed by atoms with E-state index in [2.05, 4.69) is 13.8 Å². The van der Waals surface area contributed by atoms with Crippen LogP contribution in [0.5, 0.6) is 0 Å². The highest BCUT2D eigenvalue weighted by atomic mass is 14.7. The molecule has 0 aromatic carbocycles. The predicted molar refractivity (Wildman–Crippen MR) is 49.4 cm³/mol. The van der Waals surface area contributed by atoms with Crippen LogP contribution in [0.2, 0.25) is 0 Å². The van der Waals surface area contributed by atoms with E-state index in [1.807, 2.05) is 0 Å². The zero-order valence-corrected chi connectivity index (χ0v) is 7.84. The summed E-state index contributed by atoms with van der Waals surface area (Å²) in [6.45, 7) is 4.47. The van der Waals surface area contributed by atoms with Crippen LogP contribution in [0, 0.1) is 11.8 Å². The highest BCUT2D eigenvalue weighted by Gasteiger charge is 2.22. The van der Waals surface area contributed by atoms with E-state index in [1.54, 1.807) is 0 Å². The molecule has 0 saturated heterocycles. The van der Waals surface area contributed by atoms with E-state index >= 15 is 0 Å². The van der Waals surface area contributed by atoms with Crippen molar-refractivity contribution in [3.63, 3.8) is 0 Å². The van der Waals surface area contributed by atoms with Crippen LogP contribution in [0.1, 0.15) is 46.0 Å². The van der Waals surface area contributed by atoms with Gasteiger partial charge in [-0.15, -0.1) is 0 Å². The van der Waals surface area contributed by atoms with Gasteiger partial charge in [-0.3, -0.25) is 0 Å². The average molecular weight is 155 g/mol. The third-order valence-corrected chi connectivity index (χ3v) is 2.96. The van der Waals surface area contributed by atoms with Gasteiger partial charge in [0.15, 0.2) is 0 Å². The van der Waals surface area contributed by atoms with Crippen LogP contribution in [0.3, 0.4) is 0 Å². The van der Waals surface area contributed by atoms with Crippen LogP contribution in [0.4, 0.5) is 0 Å². The monoisotopic (exact) mass is 155 g/mol. The molecule has 0 spiro atoms. The summed E-state index contributed by atoms with van der Waals surface area (Å²) in [6.07, 6.45) is 7.00. The minimum atomic E-state index is 0.454. The molecule has 0 aromatic heterocycles. The third kappa shape index (κ3) is 2.48. The highest BCUT2D eigenvalue weighted by Crippen LogP contribution is 2.28. The van der Waals surface area contributed by atoms with Gasteiger partial charge in [-0.05, 0) is 24.7 Å². The molecule has 0 radical (unpaired) electrons. The van der Waals surface area contributed by atoms with Crippen LogP contribution in [0.25, 0.3) is 0 Å². The predicted octanol–water partition coefficient (Wildman–Crippen LogP) is 2.55. The number of hydrogen-bond donors (Lipinski definition) is 1. The molecular formula is C10H21N. The highest BCUT2D eigenvalue weighted by molar-refractivity contribution is 4.78. The fourth-order valence-corrected chi connectivity index (χ4v) is 2.06. The molecule has 1 aliphatic carbocycles. The van der Waals surface area contributed by atoms with Gasteiger partial charge in [0.2, 0.25) is 0 Å². The van der Waals surface area contributed by atoms with Crippen molar-refractivity contribution in [2.75, 3.05) is 0 Å². The van der Waals surface area contributed by atoms with Gasteiger partial charge in [-0.2, -0.15) is 0 Å². The first kappa shape index (κ1) is 9.05. The summed E-state index contributed by atoms with van der Waals surface area (Å²) in [4.78, 5) is 0. The number of hydrogen-bond acceptors (Lipinski definition) is 1. The third-order valence-electron chi connectivity index (χ3n) is 2.96. The maximum atomic E-state index is 6.09. The fraction of sp³-hybridized carbons (Fsp3) is 1.00. The van der Waals surface area contributed by atoms with E-state index in [4.69, 9.17) is 5.73 Å². The Morgan fingerprint density at radius 1 is 1.09 bits per heavy atom. The molecule has 0 heterocycles. The van der Waals surface area contributed by atoms with Crippen molar-refractivity contribution in [1.29, 1.82) is 0 Å². The molecule has 0 unspecified atom stereocenters. The summed E-state index contributed by atoms with van der Waals surface area (Å²) < 4.78 is 0. The van der Waals surface area contributed by atoms with E-state index in [9.17, 15) is 0 Å². The molecule has 0 amide bonds. The second kappa shape index (κ2) is 4.10. The van der Waals surface area contributed by atoms with Crippen molar-refractivity contribution in [2.24, 2.45) is 17.6 Å². The van der Waals surface area contributed by atoms with E-state index in [1.165, 1.54) is 32.1 Å². The first-order chi connectivity index (χ1) is 5.22. The van der Waals surface area contributed by atoms with Gasteiger partial charge < -0.3 is 5.73 Å². The Balaban J connectivity index is 2.32. The van der Waals surface area contributed by atoms with E-state index in [0.717, 1.165) is 5.92 Å². The molecule has 11 heavy (non-hydrogen) atoms. The van der Waals surface area contributed by atoms with Gasteiger partial charge in [-0.1, -0.05) is 33.1 Å². The SMILES string of the molecule is CC(C)[C@@H](N)C1CCCCC1. The minimum absolute atomic E-state index is 0.454. The smallest absolute Gasteiger partial charge is 0.00903 e. The Labute approximate surface area is 70.4 Å². The Bertz CT molecular complexity index is 103. The first-order valence-electron chi connectivity index (χ1n) is 4.97. The summed E-state index contributed by atoms with van der Waals surface area (Å²) >= 11 is 0. The van der Waals surface area contributed by atoms with Crippen molar-refractivity contribution in [1.82, 2.24) is 0 Å². The lowest BCUT2D eigenvalue weighted by Crippen LogP contribution is -2.36. The largest absolute Gasteiger partial charge is 0.327 e.